The van der Waals surface area contributed by atoms with E-state index in [1.807, 2.05) is 19.9 Å². The van der Waals surface area contributed by atoms with E-state index in [1.54, 1.807) is 38.1 Å². The number of ether oxygens (including phenoxy) is 1. The van der Waals surface area contributed by atoms with Crippen LogP contribution in [0.15, 0.2) is 24.3 Å². The number of rotatable bonds is 4. The Morgan fingerprint density at radius 2 is 1.82 bits per heavy atom. The summed E-state index contributed by atoms with van der Waals surface area (Å²) in [5.41, 5.74) is -0.451. The van der Waals surface area contributed by atoms with E-state index in [0.717, 1.165) is 5.75 Å². The molecule has 3 nitrogen and oxygen atoms in total. The summed E-state index contributed by atoms with van der Waals surface area (Å²) in [4.78, 5) is 12.0. The lowest BCUT2D eigenvalue weighted by Crippen LogP contribution is -2.22. The molecule has 0 saturated carbocycles. The van der Waals surface area contributed by atoms with Crippen molar-refractivity contribution in [3.05, 3.63) is 29.8 Å². The smallest absolute Gasteiger partial charge is 0.182 e. The van der Waals surface area contributed by atoms with Crippen LogP contribution in [0.25, 0.3) is 0 Å². The fourth-order valence-corrected chi connectivity index (χ4v) is 1.37. The van der Waals surface area contributed by atoms with Crippen molar-refractivity contribution in [1.82, 2.24) is 0 Å². The fraction of sp³-hybridized carbons (Fsp3) is 0.429. The SMILES string of the molecule is CC(C)Oc1ccc(C(=O)C(C)(C)C#N)cc1. The van der Waals surface area contributed by atoms with Gasteiger partial charge >= 0.3 is 0 Å². The topological polar surface area (TPSA) is 50.1 Å². The van der Waals surface area contributed by atoms with Gasteiger partial charge in [-0.3, -0.25) is 4.79 Å². The van der Waals surface area contributed by atoms with Crippen LogP contribution in [0.1, 0.15) is 38.1 Å². The van der Waals surface area contributed by atoms with Crippen LogP contribution < -0.4 is 4.74 Å². The van der Waals surface area contributed by atoms with Gasteiger partial charge in [0, 0.05) is 5.56 Å². The molecule has 1 rings (SSSR count). The maximum Gasteiger partial charge on any atom is 0.182 e. The van der Waals surface area contributed by atoms with Gasteiger partial charge in [0.05, 0.1) is 12.2 Å². The van der Waals surface area contributed by atoms with Gasteiger partial charge in [-0.25, -0.2) is 0 Å². The first-order chi connectivity index (χ1) is 7.86. The van der Waals surface area contributed by atoms with E-state index < -0.39 is 5.41 Å². The van der Waals surface area contributed by atoms with Crippen molar-refractivity contribution in [1.29, 1.82) is 5.26 Å². The van der Waals surface area contributed by atoms with E-state index in [9.17, 15) is 4.79 Å². The van der Waals surface area contributed by atoms with E-state index in [4.69, 9.17) is 10.00 Å². The van der Waals surface area contributed by atoms with Gasteiger partial charge in [-0.2, -0.15) is 5.26 Å². The molecule has 0 N–H and O–H groups in total. The van der Waals surface area contributed by atoms with Gasteiger partial charge in [-0.1, -0.05) is 0 Å². The Morgan fingerprint density at radius 1 is 1.29 bits per heavy atom. The molecular formula is C14H17NO2. The van der Waals surface area contributed by atoms with E-state index in [1.165, 1.54) is 0 Å². The van der Waals surface area contributed by atoms with Crippen molar-refractivity contribution in [2.75, 3.05) is 0 Å². The first kappa shape index (κ1) is 13.2. The summed E-state index contributed by atoms with van der Waals surface area (Å²) in [5.74, 6) is 0.558. The summed E-state index contributed by atoms with van der Waals surface area (Å²) < 4.78 is 5.48. The minimum atomic E-state index is -0.986. The Bertz CT molecular complexity index is 438. The van der Waals surface area contributed by atoms with Crippen LogP contribution in [0.3, 0.4) is 0 Å². The molecular weight excluding hydrogens is 214 g/mol. The lowest BCUT2D eigenvalue weighted by atomic mass is 9.86. The lowest BCUT2D eigenvalue weighted by Gasteiger charge is -2.14. The molecule has 0 aliphatic heterocycles. The first-order valence-electron chi connectivity index (χ1n) is 5.59. The van der Waals surface area contributed by atoms with Gasteiger partial charge in [-0.15, -0.1) is 0 Å². The van der Waals surface area contributed by atoms with Crippen molar-refractivity contribution in [3.8, 4) is 11.8 Å². The number of benzene rings is 1. The normalized spacial score (nSPS) is 11.1. The number of Topliss-reactive ketones (excluding diaryl/α,β-unsaturated/α-hetero) is 1. The number of carbonyl (C=O) groups excluding carboxylic acids is 1. The summed E-state index contributed by atoms with van der Waals surface area (Å²) in [6.45, 7) is 7.12. The fourth-order valence-electron chi connectivity index (χ4n) is 1.37. The minimum Gasteiger partial charge on any atom is -0.491 e. The van der Waals surface area contributed by atoms with Gasteiger partial charge in [0.25, 0.3) is 0 Å². The Morgan fingerprint density at radius 3 is 2.24 bits per heavy atom. The molecule has 1 aromatic rings. The van der Waals surface area contributed by atoms with Crippen molar-refractivity contribution < 1.29 is 9.53 Å². The number of carbonyl (C=O) groups is 1. The molecule has 1 aromatic carbocycles. The van der Waals surface area contributed by atoms with Crippen LogP contribution in [-0.2, 0) is 0 Å². The van der Waals surface area contributed by atoms with Crippen molar-refractivity contribution in [2.45, 2.75) is 33.8 Å². The van der Waals surface area contributed by atoms with Gasteiger partial charge in [0.15, 0.2) is 5.78 Å². The molecule has 0 radical (unpaired) electrons. The third-order valence-corrected chi connectivity index (χ3v) is 2.34. The number of hydrogen-bond acceptors (Lipinski definition) is 3. The number of hydrogen-bond donors (Lipinski definition) is 0. The zero-order valence-corrected chi connectivity index (χ0v) is 10.7. The molecule has 0 unspecified atom stereocenters. The zero-order chi connectivity index (χ0) is 13.1. The Balaban J connectivity index is 2.89. The molecule has 0 saturated heterocycles. The highest BCUT2D eigenvalue weighted by Crippen LogP contribution is 2.22. The van der Waals surface area contributed by atoms with Crippen LogP contribution in [0.5, 0.6) is 5.75 Å². The summed E-state index contributed by atoms with van der Waals surface area (Å²) in [7, 11) is 0. The monoisotopic (exact) mass is 231 g/mol. The second-order valence-electron chi connectivity index (χ2n) is 4.76. The largest absolute Gasteiger partial charge is 0.491 e. The van der Waals surface area contributed by atoms with Crippen LogP contribution in [-0.4, -0.2) is 11.9 Å². The van der Waals surface area contributed by atoms with Crippen molar-refractivity contribution >= 4 is 5.78 Å². The van der Waals surface area contributed by atoms with E-state index in [0.29, 0.717) is 5.56 Å². The molecule has 0 bridgehead atoms. The molecule has 0 fully saturated rings. The Kier molecular flexibility index (Phi) is 3.90. The summed E-state index contributed by atoms with van der Waals surface area (Å²) in [6, 6.07) is 8.89. The molecule has 0 atom stereocenters. The Hall–Kier alpha value is -1.82. The highest BCUT2D eigenvalue weighted by atomic mass is 16.5. The van der Waals surface area contributed by atoms with Crippen LogP contribution in [0, 0.1) is 16.7 Å². The van der Waals surface area contributed by atoms with Crippen molar-refractivity contribution in [2.24, 2.45) is 5.41 Å². The van der Waals surface area contributed by atoms with Crippen LogP contribution in [0.2, 0.25) is 0 Å². The highest BCUT2D eigenvalue weighted by molar-refractivity contribution is 6.01. The van der Waals surface area contributed by atoms with E-state index >= 15 is 0 Å². The minimum absolute atomic E-state index is 0.104. The predicted octanol–water partition coefficient (Wildman–Crippen LogP) is 3.21. The van der Waals surface area contributed by atoms with Crippen LogP contribution >= 0.6 is 0 Å². The lowest BCUT2D eigenvalue weighted by molar-refractivity contribution is 0.0892. The molecule has 3 heteroatoms. The Labute approximate surface area is 102 Å². The zero-order valence-electron chi connectivity index (χ0n) is 10.7. The predicted molar refractivity (Wildman–Crippen MR) is 65.9 cm³/mol. The molecule has 0 heterocycles. The molecule has 0 amide bonds. The number of ketones is 1. The highest BCUT2D eigenvalue weighted by Gasteiger charge is 2.28. The second kappa shape index (κ2) is 5.01. The standard InChI is InChI=1S/C14H17NO2/c1-10(2)17-12-7-5-11(6-8-12)13(16)14(3,4)9-15/h5-8,10H,1-4H3. The summed E-state index contributed by atoms with van der Waals surface area (Å²) >= 11 is 0. The molecule has 90 valence electrons. The number of nitrogens with zero attached hydrogens (tertiary/aromatic N) is 1. The molecule has 17 heavy (non-hydrogen) atoms. The van der Waals surface area contributed by atoms with Gasteiger partial charge in [-0.05, 0) is 52.0 Å². The molecule has 0 spiro atoms. The maximum absolute atomic E-state index is 12.0. The van der Waals surface area contributed by atoms with Gasteiger partial charge < -0.3 is 4.74 Å². The summed E-state index contributed by atoms with van der Waals surface area (Å²) in [6.07, 6.45) is 0.104. The molecule has 0 aliphatic rings. The van der Waals surface area contributed by atoms with E-state index in [2.05, 4.69) is 0 Å². The number of nitriles is 1. The van der Waals surface area contributed by atoms with Gasteiger partial charge in [0.2, 0.25) is 0 Å². The molecule has 0 aliphatic carbocycles. The maximum atomic E-state index is 12.0. The summed E-state index contributed by atoms with van der Waals surface area (Å²) in [5, 5.41) is 8.90. The quantitative estimate of drug-likeness (QED) is 0.747. The third-order valence-electron chi connectivity index (χ3n) is 2.34. The van der Waals surface area contributed by atoms with E-state index in [-0.39, 0.29) is 11.9 Å². The second-order valence-corrected chi connectivity index (χ2v) is 4.76. The van der Waals surface area contributed by atoms with Crippen molar-refractivity contribution in [3.63, 3.8) is 0 Å². The van der Waals surface area contributed by atoms with Gasteiger partial charge in [0.1, 0.15) is 11.2 Å². The average Bonchev–Trinajstić information content (AvgIpc) is 2.28. The average molecular weight is 231 g/mol. The third kappa shape index (κ3) is 3.32. The van der Waals surface area contributed by atoms with Crippen LogP contribution in [0.4, 0.5) is 0 Å². The first-order valence-corrected chi connectivity index (χ1v) is 5.59. The molecule has 0 aromatic heterocycles.